The minimum Gasteiger partial charge on any atom is -0.382 e. The van der Waals surface area contributed by atoms with Crippen LogP contribution in [-0.2, 0) is 9.47 Å². The van der Waals surface area contributed by atoms with Crippen molar-refractivity contribution in [1.82, 2.24) is 15.5 Å². The Hall–Kier alpha value is -1.84. The number of hydrogen-bond donors (Lipinski definition) is 2. The number of halogens is 3. The second-order valence-corrected chi connectivity index (χ2v) is 10.5. The van der Waals surface area contributed by atoms with E-state index in [1.807, 2.05) is 24.9 Å². The average molecular weight is 528 g/mol. The minimum absolute atomic E-state index is 0.0386. The first-order valence-electron chi connectivity index (χ1n) is 13.8. The molecule has 0 bridgehead atoms. The summed E-state index contributed by atoms with van der Waals surface area (Å²) in [6.45, 7) is 5.45. The van der Waals surface area contributed by atoms with Gasteiger partial charge in [-0.15, -0.1) is 0 Å². The lowest BCUT2D eigenvalue weighted by Crippen LogP contribution is -2.52. The maximum Gasteiger partial charge on any atom is 0.317 e. The van der Waals surface area contributed by atoms with Crippen molar-refractivity contribution in [3.05, 3.63) is 35.6 Å². The quantitative estimate of drug-likeness (QED) is 0.331. The van der Waals surface area contributed by atoms with Crippen molar-refractivity contribution in [2.45, 2.75) is 76.4 Å². The first-order chi connectivity index (χ1) is 17.8. The fraction of sp³-hybridized carbons (Fsp3) is 0.750. The third kappa shape index (κ3) is 9.76. The SMILES string of the molecule is CCOCCCOC(c1cccc(F)c1)C1CCCN(C(=O)NC(CNC)CC2CCC(F)(F)CC2)C1. The molecule has 1 saturated carbocycles. The van der Waals surface area contributed by atoms with E-state index in [0.717, 1.165) is 24.8 Å². The molecule has 2 aliphatic rings. The Labute approximate surface area is 219 Å². The lowest BCUT2D eigenvalue weighted by atomic mass is 9.83. The standard InChI is InChI=1S/C28H44F3N3O3/c1-3-36-15-6-16-37-26(22-7-4-9-24(29)18-22)23-8-5-14-34(20-23)27(35)33-25(19-32-2)17-21-10-12-28(30,31)13-11-21/h4,7,9,18,21,23,25-26,32H,3,5-6,8,10-17,19-20H2,1-2H3,(H,33,35). The second kappa shape index (κ2) is 14.9. The Morgan fingerprint density at radius 1 is 1.22 bits per heavy atom. The molecule has 1 saturated heterocycles. The van der Waals surface area contributed by atoms with Gasteiger partial charge in [0.15, 0.2) is 0 Å². The number of likely N-dealkylation sites (tertiary alicyclic amines) is 1. The van der Waals surface area contributed by atoms with Gasteiger partial charge in [0, 0.05) is 64.3 Å². The number of likely N-dealkylation sites (N-methyl/N-ethyl adjacent to an activating group) is 1. The molecule has 6 nitrogen and oxygen atoms in total. The molecular formula is C28H44F3N3O3. The molecule has 1 heterocycles. The predicted octanol–water partition coefficient (Wildman–Crippen LogP) is 5.54. The Balaban J connectivity index is 1.60. The monoisotopic (exact) mass is 527 g/mol. The molecule has 3 unspecified atom stereocenters. The van der Waals surface area contributed by atoms with E-state index in [1.54, 1.807) is 6.07 Å². The zero-order chi connectivity index (χ0) is 26.7. The lowest BCUT2D eigenvalue weighted by molar-refractivity contribution is -0.0473. The van der Waals surface area contributed by atoms with Gasteiger partial charge >= 0.3 is 6.03 Å². The molecule has 1 aromatic rings. The lowest BCUT2D eigenvalue weighted by Gasteiger charge is -2.38. The number of rotatable bonds is 13. The smallest absolute Gasteiger partial charge is 0.317 e. The van der Waals surface area contributed by atoms with Gasteiger partial charge in [0.25, 0.3) is 0 Å². The summed E-state index contributed by atoms with van der Waals surface area (Å²) in [5.41, 5.74) is 0.783. The first kappa shape index (κ1) is 29.7. The van der Waals surface area contributed by atoms with E-state index in [9.17, 15) is 18.0 Å². The summed E-state index contributed by atoms with van der Waals surface area (Å²) in [5, 5.41) is 6.28. The normalized spacial score (nSPS) is 22.0. The fourth-order valence-corrected chi connectivity index (χ4v) is 5.59. The first-order valence-corrected chi connectivity index (χ1v) is 13.8. The number of nitrogens with zero attached hydrogens (tertiary/aromatic N) is 1. The van der Waals surface area contributed by atoms with Crippen LogP contribution in [0.3, 0.4) is 0 Å². The van der Waals surface area contributed by atoms with E-state index in [-0.39, 0.29) is 48.7 Å². The minimum atomic E-state index is -2.55. The van der Waals surface area contributed by atoms with Gasteiger partial charge in [-0.3, -0.25) is 0 Å². The maximum atomic E-state index is 14.0. The molecule has 3 atom stereocenters. The number of amides is 2. The molecule has 0 radical (unpaired) electrons. The second-order valence-electron chi connectivity index (χ2n) is 10.5. The van der Waals surface area contributed by atoms with Gasteiger partial charge in [-0.05, 0) is 76.1 Å². The van der Waals surface area contributed by atoms with E-state index >= 15 is 0 Å². The molecule has 1 aliphatic carbocycles. The highest BCUT2D eigenvalue weighted by molar-refractivity contribution is 5.74. The number of ether oxygens (including phenoxy) is 2. The molecule has 2 fully saturated rings. The van der Waals surface area contributed by atoms with Gasteiger partial charge in [0.1, 0.15) is 5.82 Å². The fourth-order valence-electron chi connectivity index (χ4n) is 5.59. The molecule has 1 aliphatic heterocycles. The molecule has 3 rings (SSSR count). The highest BCUT2D eigenvalue weighted by Gasteiger charge is 2.36. The van der Waals surface area contributed by atoms with Crippen molar-refractivity contribution < 1.29 is 27.4 Å². The predicted molar refractivity (Wildman–Crippen MR) is 138 cm³/mol. The Morgan fingerprint density at radius 3 is 2.70 bits per heavy atom. The summed E-state index contributed by atoms with van der Waals surface area (Å²) in [6, 6.07) is 6.25. The number of piperidine rings is 1. The number of alkyl halides is 2. The van der Waals surface area contributed by atoms with Crippen LogP contribution >= 0.6 is 0 Å². The van der Waals surface area contributed by atoms with Gasteiger partial charge in [0.2, 0.25) is 5.92 Å². The summed E-state index contributed by atoms with van der Waals surface area (Å²) in [6.07, 6.45) is 3.67. The number of benzene rings is 1. The van der Waals surface area contributed by atoms with Crippen LogP contribution in [-0.4, -0.2) is 69.4 Å². The van der Waals surface area contributed by atoms with Crippen LogP contribution in [0, 0.1) is 17.7 Å². The van der Waals surface area contributed by atoms with Crippen molar-refractivity contribution >= 4 is 6.03 Å². The molecular weight excluding hydrogens is 483 g/mol. The third-order valence-electron chi connectivity index (χ3n) is 7.52. The number of hydrogen-bond acceptors (Lipinski definition) is 4. The van der Waals surface area contributed by atoms with Crippen LogP contribution in [0.25, 0.3) is 0 Å². The zero-order valence-electron chi connectivity index (χ0n) is 22.3. The summed E-state index contributed by atoms with van der Waals surface area (Å²) < 4.78 is 52.9. The molecule has 1 aromatic carbocycles. The van der Waals surface area contributed by atoms with E-state index in [2.05, 4.69) is 10.6 Å². The average Bonchev–Trinajstić information content (AvgIpc) is 2.87. The van der Waals surface area contributed by atoms with Crippen molar-refractivity contribution in [1.29, 1.82) is 0 Å². The van der Waals surface area contributed by atoms with Crippen LogP contribution in [0.5, 0.6) is 0 Å². The molecule has 2 N–H and O–H groups in total. The number of carbonyl (C=O) groups excluding carboxylic acids is 1. The van der Waals surface area contributed by atoms with Crippen LogP contribution in [0.1, 0.15) is 70.0 Å². The summed E-state index contributed by atoms with van der Waals surface area (Å²) in [4.78, 5) is 15.1. The number of nitrogens with one attached hydrogen (secondary N) is 2. The van der Waals surface area contributed by atoms with Crippen molar-refractivity contribution in [2.75, 3.05) is 46.5 Å². The number of urea groups is 1. The maximum absolute atomic E-state index is 14.0. The van der Waals surface area contributed by atoms with E-state index < -0.39 is 5.92 Å². The molecule has 0 spiro atoms. The summed E-state index contributed by atoms with van der Waals surface area (Å²) in [7, 11) is 1.83. The Kier molecular flexibility index (Phi) is 12.0. The molecule has 210 valence electrons. The Bertz CT molecular complexity index is 819. The van der Waals surface area contributed by atoms with Crippen LogP contribution < -0.4 is 10.6 Å². The molecule has 9 heteroatoms. The van der Waals surface area contributed by atoms with Crippen molar-refractivity contribution in [3.63, 3.8) is 0 Å². The van der Waals surface area contributed by atoms with E-state index in [1.165, 1.54) is 12.1 Å². The van der Waals surface area contributed by atoms with E-state index in [0.29, 0.717) is 58.7 Å². The highest BCUT2D eigenvalue weighted by atomic mass is 19.3. The van der Waals surface area contributed by atoms with Gasteiger partial charge in [-0.25, -0.2) is 18.0 Å². The van der Waals surface area contributed by atoms with Gasteiger partial charge in [0.05, 0.1) is 6.10 Å². The van der Waals surface area contributed by atoms with Crippen LogP contribution in [0.15, 0.2) is 24.3 Å². The summed E-state index contributed by atoms with van der Waals surface area (Å²) >= 11 is 0. The Morgan fingerprint density at radius 2 is 2.00 bits per heavy atom. The summed E-state index contributed by atoms with van der Waals surface area (Å²) in [5.74, 6) is -2.63. The van der Waals surface area contributed by atoms with Crippen molar-refractivity contribution in [3.8, 4) is 0 Å². The van der Waals surface area contributed by atoms with Crippen LogP contribution in [0.2, 0.25) is 0 Å². The van der Waals surface area contributed by atoms with Crippen LogP contribution in [0.4, 0.5) is 18.0 Å². The highest BCUT2D eigenvalue weighted by Crippen LogP contribution is 2.38. The van der Waals surface area contributed by atoms with E-state index in [4.69, 9.17) is 9.47 Å². The largest absolute Gasteiger partial charge is 0.382 e. The van der Waals surface area contributed by atoms with Crippen molar-refractivity contribution in [2.24, 2.45) is 11.8 Å². The molecule has 37 heavy (non-hydrogen) atoms. The molecule has 2 amide bonds. The number of carbonyl (C=O) groups is 1. The van der Waals surface area contributed by atoms with Gasteiger partial charge < -0.3 is 25.0 Å². The van der Waals surface area contributed by atoms with Gasteiger partial charge in [-0.2, -0.15) is 0 Å². The van der Waals surface area contributed by atoms with Gasteiger partial charge in [-0.1, -0.05) is 12.1 Å². The topological polar surface area (TPSA) is 62.8 Å². The molecule has 0 aromatic heterocycles. The third-order valence-corrected chi connectivity index (χ3v) is 7.52. The zero-order valence-corrected chi connectivity index (χ0v) is 22.3.